The molecule has 92 valence electrons. The molecular weight excluding hydrogens is 317 g/mol. The highest BCUT2D eigenvalue weighted by Gasteiger charge is 2.02. The van der Waals surface area contributed by atoms with Crippen LogP contribution in [-0.2, 0) is 0 Å². The summed E-state index contributed by atoms with van der Waals surface area (Å²) in [5.41, 5.74) is 6.92. The summed E-state index contributed by atoms with van der Waals surface area (Å²) >= 11 is 7.96. The van der Waals surface area contributed by atoms with E-state index in [1.54, 1.807) is 30.5 Å². The van der Waals surface area contributed by atoms with Crippen molar-refractivity contribution in [3.8, 4) is 0 Å². The van der Waals surface area contributed by atoms with Crippen molar-refractivity contribution in [2.45, 2.75) is 0 Å². The molecule has 1 heterocycles. The SMILES string of the molecule is NC(=S)c1ccc(Nc2ccc(F)c(Br)c2)nc1. The van der Waals surface area contributed by atoms with Crippen LogP contribution in [0, 0.1) is 5.82 Å². The fourth-order valence-electron chi connectivity index (χ4n) is 1.34. The number of nitrogens with two attached hydrogens (primary N) is 1. The first-order valence-electron chi connectivity index (χ1n) is 5.04. The molecule has 2 rings (SSSR count). The molecule has 0 radical (unpaired) electrons. The van der Waals surface area contributed by atoms with Gasteiger partial charge in [-0.15, -0.1) is 0 Å². The summed E-state index contributed by atoms with van der Waals surface area (Å²) in [7, 11) is 0. The van der Waals surface area contributed by atoms with Crippen molar-refractivity contribution >= 4 is 44.6 Å². The Morgan fingerprint density at radius 3 is 2.67 bits per heavy atom. The summed E-state index contributed by atoms with van der Waals surface area (Å²) in [6.07, 6.45) is 1.59. The van der Waals surface area contributed by atoms with Gasteiger partial charge in [-0.2, -0.15) is 0 Å². The van der Waals surface area contributed by atoms with Gasteiger partial charge in [-0.3, -0.25) is 0 Å². The molecule has 2 aromatic rings. The minimum Gasteiger partial charge on any atom is -0.389 e. The molecule has 6 heteroatoms. The fraction of sp³-hybridized carbons (Fsp3) is 0. The van der Waals surface area contributed by atoms with Gasteiger partial charge in [-0.1, -0.05) is 12.2 Å². The van der Waals surface area contributed by atoms with Gasteiger partial charge in [-0.05, 0) is 46.3 Å². The molecule has 0 saturated carbocycles. The molecule has 3 N–H and O–H groups in total. The number of pyridine rings is 1. The molecule has 0 saturated heterocycles. The third-order valence-electron chi connectivity index (χ3n) is 2.24. The van der Waals surface area contributed by atoms with Crippen LogP contribution in [0.15, 0.2) is 41.0 Å². The average Bonchev–Trinajstić information content (AvgIpc) is 2.34. The predicted molar refractivity (Wildman–Crippen MR) is 77.5 cm³/mol. The molecule has 0 fully saturated rings. The average molecular weight is 326 g/mol. The number of aromatic nitrogens is 1. The number of nitrogens with one attached hydrogen (secondary N) is 1. The van der Waals surface area contributed by atoms with Gasteiger partial charge in [0.25, 0.3) is 0 Å². The molecule has 0 amide bonds. The molecule has 3 nitrogen and oxygen atoms in total. The van der Waals surface area contributed by atoms with Crippen LogP contribution in [0.5, 0.6) is 0 Å². The Bertz CT molecular complexity index is 586. The highest BCUT2D eigenvalue weighted by Crippen LogP contribution is 2.22. The number of halogens is 2. The van der Waals surface area contributed by atoms with E-state index in [2.05, 4.69) is 26.2 Å². The van der Waals surface area contributed by atoms with Gasteiger partial charge in [0.15, 0.2) is 0 Å². The number of hydrogen-bond donors (Lipinski definition) is 2. The molecule has 0 spiro atoms. The lowest BCUT2D eigenvalue weighted by Crippen LogP contribution is -2.09. The second kappa shape index (κ2) is 5.41. The zero-order valence-electron chi connectivity index (χ0n) is 9.15. The predicted octanol–water partition coefficient (Wildman–Crippen LogP) is 3.36. The first-order valence-corrected chi connectivity index (χ1v) is 6.24. The van der Waals surface area contributed by atoms with Crippen molar-refractivity contribution in [1.82, 2.24) is 4.98 Å². The Morgan fingerprint density at radius 2 is 2.11 bits per heavy atom. The third-order valence-corrected chi connectivity index (χ3v) is 3.08. The monoisotopic (exact) mass is 325 g/mol. The third kappa shape index (κ3) is 3.02. The largest absolute Gasteiger partial charge is 0.389 e. The lowest BCUT2D eigenvalue weighted by atomic mass is 10.2. The fourth-order valence-corrected chi connectivity index (χ4v) is 1.83. The van der Waals surface area contributed by atoms with Crippen LogP contribution in [0.4, 0.5) is 15.9 Å². The van der Waals surface area contributed by atoms with E-state index in [0.29, 0.717) is 20.8 Å². The molecule has 1 aromatic carbocycles. The Labute approximate surface area is 117 Å². The molecule has 0 aliphatic rings. The van der Waals surface area contributed by atoms with Gasteiger partial charge in [0, 0.05) is 17.4 Å². The maximum absolute atomic E-state index is 13.1. The minimum absolute atomic E-state index is 0.304. The lowest BCUT2D eigenvalue weighted by molar-refractivity contribution is 0.621. The number of rotatable bonds is 3. The molecule has 0 bridgehead atoms. The zero-order valence-corrected chi connectivity index (χ0v) is 11.6. The van der Waals surface area contributed by atoms with Gasteiger partial charge in [0.05, 0.1) is 4.47 Å². The first-order chi connectivity index (χ1) is 8.56. The summed E-state index contributed by atoms with van der Waals surface area (Å²) < 4.78 is 13.5. The van der Waals surface area contributed by atoms with Crippen molar-refractivity contribution < 1.29 is 4.39 Å². The lowest BCUT2D eigenvalue weighted by Gasteiger charge is -2.07. The highest BCUT2D eigenvalue weighted by molar-refractivity contribution is 9.10. The standard InChI is InChI=1S/C12H9BrFN3S/c13-9-5-8(2-3-10(9)14)17-11-4-1-7(6-16-11)12(15)18/h1-6H,(H2,15,18)(H,16,17). The van der Waals surface area contributed by atoms with Gasteiger partial charge in [0.2, 0.25) is 0 Å². The zero-order chi connectivity index (χ0) is 13.1. The molecule has 0 aliphatic carbocycles. The van der Waals surface area contributed by atoms with Crippen molar-refractivity contribution in [1.29, 1.82) is 0 Å². The van der Waals surface area contributed by atoms with E-state index in [0.717, 1.165) is 5.69 Å². The van der Waals surface area contributed by atoms with Crippen molar-refractivity contribution in [2.75, 3.05) is 5.32 Å². The normalized spacial score (nSPS) is 10.1. The minimum atomic E-state index is -0.308. The number of benzene rings is 1. The molecule has 0 atom stereocenters. The van der Waals surface area contributed by atoms with Gasteiger partial charge >= 0.3 is 0 Å². The van der Waals surface area contributed by atoms with Crippen LogP contribution in [0.3, 0.4) is 0 Å². The van der Waals surface area contributed by atoms with Gasteiger partial charge in [0.1, 0.15) is 16.6 Å². The number of thiocarbonyl (C=S) groups is 1. The van der Waals surface area contributed by atoms with Crippen LogP contribution in [0.1, 0.15) is 5.56 Å². The quantitative estimate of drug-likeness (QED) is 0.849. The molecule has 18 heavy (non-hydrogen) atoms. The Kier molecular flexibility index (Phi) is 3.88. The van der Waals surface area contributed by atoms with Crippen molar-refractivity contribution in [3.63, 3.8) is 0 Å². The molecule has 0 aliphatic heterocycles. The van der Waals surface area contributed by atoms with Crippen LogP contribution in [-0.4, -0.2) is 9.97 Å². The van der Waals surface area contributed by atoms with E-state index >= 15 is 0 Å². The topological polar surface area (TPSA) is 50.9 Å². The van der Waals surface area contributed by atoms with Crippen LogP contribution < -0.4 is 11.1 Å². The molecule has 1 aromatic heterocycles. The van der Waals surface area contributed by atoms with Gasteiger partial charge in [-0.25, -0.2) is 9.37 Å². The van der Waals surface area contributed by atoms with Crippen molar-refractivity contribution in [2.24, 2.45) is 5.73 Å². The van der Waals surface area contributed by atoms with E-state index in [-0.39, 0.29) is 5.82 Å². The smallest absolute Gasteiger partial charge is 0.137 e. The maximum atomic E-state index is 13.1. The van der Waals surface area contributed by atoms with E-state index in [1.165, 1.54) is 6.07 Å². The van der Waals surface area contributed by atoms with E-state index in [9.17, 15) is 4.39 Å². The molecular formula is C12H9BrFN3S. The number of hydrogen-bond acceptors (Lipinski definition) is 3. The van der Waals surface area contributed by atoms with E-state index in [1.807, 2.05) is 0 Å². The maximum Gasteiger partial charge on any atom is 0.137 e. The Hall–Kier alpha value is -1.53. The summed E-state index contributed by atoms with van der Waals surface area (Å²) in [5, 5.41) is 3.05. The van der Waals surface area contributed by atoms with Gasteiger partial charge < -0.3 is 11.1 Å². The van der Waals surface area contributed by atoms with E-state index < -0.39 is 0 Å². The summed E-state index contributed by atoms with van der Waals surface area (Å²) in [6, 6.07) is 8.17. The summed E-state index contributed by atoms with van der Waals surface area (Å²) in [6.45, 7) is 0. The highest BCUT2D eigenvalue weighted by atomic mass is 79.9. The second-order valence-electron chi connectivity index (χ2n) is 3.55. The first kappa shape index (κ1) is 12.9. The van der Waals surface area contributed by atoms with Crippen LogP contribution in [0.2, 0.25) is 0 Å². The Balaban J connectivity index is 2.18. The molecule has 0 unspecified atom stereocenters. The van der Waals surface area contributed by atoms with Crippen LogP contribution in [0.25, 0.3) is 0 Å². The number of nitrogens with zero attached hydrogens (tertiary/aromatic N) is 1. The van der Waals surface area contributed by atoms with Crippen molar-refractivity contribution in [3.05, 3.63) is 52.4 Å². The number of anilines is 2. The second-order valence-corrected chi connectivity index (χ2v) is 4.84. The Morgan fingerprint density at radius 1 is 1.33 bits per heavy atom. The van der Waals surface area contributed by atoms with Crippen LogP contribution >= 0.6 is 28.1 Å². The summed E-state index contributed by atoms with van der Waals surface area (Å²) in [5.74, 6) is 0.325. The van der Waals surface area contributed by atoms with E-state index in [4.69, 9.17) is 18.0 Å². The summed E-state index contributed by atoms with van der Waals surface area (Å²) in [4.78, 5) is 4.46.